The molecule has 8 nitrogen and oxygen atoms in total. The lowest BCUT2D eigenvalue weighted by Crippen LogP contribution is -2.41. The van der Waals surface area contributed by atoms with E-state index in [2.05, 4.69) is 20.9 Å². The fourth-order valence-electron chi connectivity index (χ4n) is 2.47. The van der Waals surface area contributed by atoms with Crippen LogP contribution in [0.25, 0.3) is 0 Å². The molecule has 136 valence electrons. The van der Waals surface area contributed by atoms with Crippen LogP contribution >= 0.6 is 0 Å². The average Bonchev–Trinajstić information content (AvgIpc) is 3.10. The maximum absolute atomic E-state index is 11.7. The second-order valence-corrected chi connectivity index (χ2v) is 5.99. The van der Waals surface area contributed by atoms with E-state index < -0.39 is 5.91 Å². The van der Waals surface area contributed by atoms with Crippen LogP contribution in [-0.4, -0.2) is 41.9 Å². The van der Waals surface area contributed by atoms with Crippen molar-refractivity contribution < 1.29 is 19.1 Å². The van der Waals surface area contributed by atoms with Gasteiger partial charge in [0.15, 0.2) is 0 Å². The van der Waals surface area contributed by atoms with Gasteiger partial charge in [0.1, 0.15) is 6.10 Å². The Labute approximate surface area is 146 Å². The van der Waals surface area contributed by atoms with Crippen LogP contribution in [0.2, 0.25) is 0 Å². The standard InChI is InChI=1S/C17H24N4O4/c1-12(22)18-10-15(23)20-11-16(24)19-8-13-6-7-17(21-9-13)25-14-4-2-3-5-14/h6-7,9,14H,2-5,8,10-11H2,1H3,(H,18,22)(H,19,24)(H,20,23). The van der Waals surface area contributed by atoms with Gasteiger partial charge in [-0.2, -0.15) is 0 Å². The smallest absolute Gasteiger partial charge is 0.239 e. The predicted octanol–water partition coefficient (Wildman–Crippen LogP) is 0.272. The van der Waals surface area contributed by atoms with Crippen LogP contribution in [0.15, 0.2) is 18.3 Å². The van der Waals surface area contributed by atoms with Crippen LogP contribution in [0.4, 0.5) is 0 Å². The van der Waals surface area contributed by atoms with Gasteiger partial charge in [0, 0.05) is 25.7 Å². The highest BCUT2D eigenvalue weighted by molar-refractivity contribution is 5.87. The summed E-state index contributed by atoms with van der Waals surface area (Å²) in [6.07, 6.45) is 6.49. The normalized spacial score (nSPS) is 14.0. The van der Waals surface area contributed by atoms with E-state index in [1.54, 1.807) is 12.3 Å². The number of hydrogen-bond acceptors (Lipinski definition) is 5. The van der Waals surface area contributed by atoms with Gasteiger partial charge in [0.25, 0.3) is 0 Å². The summed E-state index contributed by atoms with van der Waals surface area (Å²) < 4.78 is 5.78. The molecule has 3 N–H and O–H groups in total. The maximum Gasteiger partial charge on any atom is 0.239 e. The molecule has 1 aliphatic carbocycles. The summed E-state index contributed by atoms with van der Waals surface area (Å²) in [6, 6.07) is 3.65. The van der Waals surface area contributed by atoms with Gasteiger partial charge in [0.2, 0.25) is 23.6 Å². The number of nitrogens with one attached hydrogen (secondary N) is 3. The molecule has 8 heteroatoms. The lowest BCUT2D eigenvalue weighted by molar-refractivity contribution is -0.127. The minimum Gasteiger partial charge on any atom is -0.474 e. The zero-order valence-electron chi connectivity index (χ0n) is 14.3. The molecule has 25 heavy (non-hydrogen) atoms. The molecule has 1 aliphatic rings. The van der Waals surface area contributed by atoms with E-state index in [9.17, 15) is 14.4 Å². The second kappa shape index (κ2) is 9.61. The Morgan fingerprint density at radius 2 is 1.76 bits per heavy atom. The van der Waals surface area contributed by atoms with Crippen LogP contribution in [-0.2, 0) is 20.9 Å². The molecule has 1 saturated carbocycles. The molecule has 0 spiro atoms. The molecule has 1 aromatic heterocycles. The first kappa shape index (κ1) is 18.7. The number of ether oxygens (including phenoxy) is 1. The highest BCUT2D eigenvalue weighted by Crippen LogP contribution is 2.22. The number of pyridine rings is 1. The number of carbonyl (C=O) groups excluding carboxylic acids is 3. The lowest BCUT2D eigenvalue weighted by Gasteiger charge is -2.12. The van der Waals surface area contributed by atoms with Crippen molar-refractivity contribution in [1.29, 1.82) is 0 Å². The van der Waals surface area contributed by atoms with Crippen molar-refractivity contribution in [2.24, 2.45) is 0 Å². The molecule has 0 aromatic carbocycles. The van der Waals surface area contributed by atoms with E-state index in [1.165, 1.54) is 19.8 Å². The van der Waals surface area contributed by atoms with Gasteiger partial charge in [-0.3, -0.25) is 14.4 Å². The maximum atomic E-state index is 11.7. The fourth-order valence-corrected chi connectivity index (χ4v) is 2.47. The predicted molar refractivity (Wildman–Crippen MR) is 90.7 cm³/mol. The number of amides is 3. The SMILES string of the molecule is CC(=O)NCC(=O)NCC(=O)NCc1ccc(OC2CCCC2)nc1. The Morgan fingerprint density at radius 1 is 1.08 bits per heavy atom. The Bertz CT molecular complexity index is 597. The molecule has 3 amide bonds. The van der Waals surface area contributed by atoms with Crippen LogP contribution < -0.4 is 20.7 Å². The number of rotatable bonds is 8. The highest BCUT2D eigenvalue weighted by atomic mass is 16.5. The van der Waals surface area contributed by atoms with Gasteiger partial charge in [-0.05, 0) is 31.2 Å². The van der Waals surface area contributed by atoms with E-state index in [1.807, 2.05) is 6.07 Å². The van der Waals surface area contributed by atoms with Crippen molar-refractivity contribution in [3.8, 4) is 5.88 Å². The minimum atomic E-state index is -0.416. The summed E-state index contributed by atoms with van der Waals surface area (Å²) in [5.74, 6) is -0.428. The van der Waals surface area contributed by atoms with Crippen molar-refractivity contribution in [2.45, 2.75) is 45.3 Å². The summed E-state index contributed by atoms with van der Waals surface area (Å²) in [7, 11) is 0. The van der Waals surface area contributed by atoms with Crippen LogP contribution in [0.1, 0.15) is 38.2 Å². The van der Waals surface area contributed by atoms with Gasteiger partial charge >= 0.3 is 0 Å². The van der Waals surface area contributed by atoms with Gasteiger partial charge in [-0.1, -0.05) is 6.07 Å². The molecule has 2 rings (SSSR count). The molecule has 1 fully saturated rings. The molecule has 0 saturated heterocycles. The summed E-state index contributed by atoms with van der Waals surface area (Å²) in [5, 5.41) is 7.47. The minimum absolute atomic E-state index is 0.144. The summed E-state index contributed by atoms with van der Waals surface area (Å²) in [6.45, 7) is 1.35. The number of hydrogen-bond donors (Lipinski definition) is 3. The third kappa shape index (κ3) is 7.19. The first-order chi connectivity index (χ1) is 12.0. The molecule has 1 aromatic rings. The molecule has 0 aliphatic heterocycles. The van der Waals surface area contributed by atoms with E-state index in [0.29, 0.717) is 12.4 Å². The number of aromatic nitrogens is 1. The molecule has 1 heterocycles. The third-order valence-corrected chi connectivity index (χ3v) is 3.82. The summed E-state index contributed by atoms with van der Waals surface area (Å²) in [5.41, 5.74) is 0.844. The fraction of sp³-hybridized carbons (Fsp3) is 0.529. The number of nitrogens with zero attached hydrogens (tertiary/aromatic N) is 1. The molecule has 0 bridgehead atoms. The van der Waals surface area contributed by atoms with Crippen molar-refractivity contribution in [3.63, 3.8) is 0 Å². The molecular weight excluding hydrogens is 324 g/mol. The quantitative estimate of drug-likeness (QED) is 0.625. The van der Waals surface area contributed by atoms with E-state index in [0.717, 1.165) is 18.4 Å². The van der Waals surface area contributed by atoms with E-state index >= 15 is 0 Å². The monoisotopic (exact) mass is 348 g/mol. The molecule has 0 atom stereocenters. The Kier molecular flexibility index (Phi) is 7.18. The number of carbonyl (C=O) groups is 3. The van der Waals surface area contributed by atoms with E-state index in [-0.39, 0.29) is 31.0 Å². The average molecular weight is 348 g/mol. The van der Waals surface area contributed by atoms with Crippen LogP contribution in [0.3, 0.4) is 0 Å². The van der Waals surface area contributed by atoms with Gasteiger partial charge in [-0.15, -0.1) is 0 Å². The van der Waals surface area contributed by atoms with Crippen LogP contribution in [0.5, 0.6) is 5.88 Å². The molecule has 0 radical (unpaired) electrons. The second-order valence-electron chi connectivity index (χ2n) is 5.99. The van der Waals surface area contributed by atoms with Crippen molar-refractivity contribution >= 4 is 17.7 Å². The largest absolute Gasteiger partial charge is 0.474 e. The van der Waals surface area contributed by atoms with E-state index in [4.69, 9.17) is 4.74 Å². The Morgan fingerprint density at radius 3 is 2.40 bits per heavy atom. The Hall–Kier alpha value is -2.64. The van der Waals surface area contributed by atoms with Crippen molar-refractivity contribution in [1.82, 2.24) is 20.9 Å². The summed E-state index contributed by atoms with van der Waals surface area (Å²) >= 11 is 0. The highest BCUT2D eigenvalue weighted by Gasteiger charge is 2.16. The zero-order valence-corrected chi connectivity index (χ0v) is 14.3. The Balaban J connectivity index is 1.65. The first-order valence-electron chi connectivity index (χ1n) is 8.42. The van der Waals surface area contributed by atoms with Crippen LogP contribution in [0, 0.1) is 0 Å². The zero-order chi connectivity index (χ0) is 18.1. The topological polar surface area (TPSA) is 109 Å². The lowest BCUT2D eigenvalue weighted by atomic mass is 10.3. The molecular formula is C17H24N4O4. The molecule has 0 unspecified atom stereocenters. The first-order valence-corrected chi connectivity index (χ1v) is 8.42. The van der Waals surface area contributed by atoms with Gasteiger partial charge in [0.05, 0.1) is 13.1 Å². The van der Waals surface area contributed by atoms with Gasteiger partial charge in [-0.25, -0.2) is 4.98 Å². The van der Waals surface area contributed by atoms with Crippen molar-refractivity contribution in [3.05, 3.63) is 23.9 Å². The van der Waals surface area contributed by atoms with Crippen molar-refractivity contribution in [2.75, 3.05) is 13.1 Å². The summed E-state index contributed by atoms with van der Waals surface area (Å²) in [4.78, 5) is 38.0. The third-order valence-electron chi connectivity index (χ3n) is 3.82. The van der Waals surface area contributed by atoms with Gasteiger partial charge < -0.3 is 20.7 Å².